The molecule has 4 heteroatoms. The molecule has 1 amide bonds. The van der Waals surface area contributed by atoms with Gasteiger partial charge in [-0.3, -0.25) is 4.79 Å². The van der Waals surface area contributed by atoms with Crippen LogP contribution in [-0.4, -0.2) is 11.9 Å². The normalized spacial score (nSPS) is 16.4. The summed E-state index contributed by atoms with van der Waals surface area (Å²) in [5.41, 5.74) is 1.17. The van der Waals surface area contributed by atoms with Gasteiger partial charge in [0.2, 0.25) is 5.91 Å². The van der Waals surface area contributed by atoms with Crippen molar-refractivity contribution in [2.24, 2.45) is 0 Å². The standard InChI is InChI=1S/C20H23FN2O/c21-18-14-8-7-13-17(18)19(22-15-9-3-1-4-10-15)20(24)23-16-11-5-2-6-12-16/h1,3-4,7-10,13-14,16,19,22H,2,5-6,11-12H2,(H,23,24). The second-order valence-corrected chi connectivity index (χ2v) is 6.31. The van der Waals surface area contributed by atoms with Crippen LogP contribution >= 0.6 is 0 Å². The highest BCUT2D eigenvalue weighted by Gasteiger charge is 2.26. The Morgan fingerprint density at radius 3 is 2.33 bits per heavy atom. The molecule has 1 atom stereocenters. The summed E-state index contributed by atoms with van der Waals surface area (Å²) in [5, 5.41) is 6.27. The molecule has 2 aromatic carbocycles. The Bertz CT molecular complexity index is 668. The second-order valence-electron chi connectivity index (χ2n) is 6.31. The van der Waals surface area contributed by atoms with Crippen LogP contribution in [0.1, 0.15) is 43.7 Å². The molecule has 126 valence electrons. The number of carbonyl (C=O) groups is 1. The number of nitrogens with one attached hydrogen (secondary N) is 2. The topological polar surface area (TPSA) is 41.1 Å². The van der Waals surface area contributed by atoms with Crippen molar-refractivity contribution < 1.29 is 9.18 Å². The Kier molecular flexibility index (Phi) is 5.47. The Balaban J connectivity index is 1.81. The number of hydrogen-bond donors (Lipinski definition) is 2. The van der Waals surface area contributed by atoms with E-state index in [-0.39, 0.29) is 17.8 Å². The van der Waals surface area contributed by atoms with E-state index in [0.29, 0.717) is 5.56 Å². The summed E-state index contributed by atoms with van der Waals surface area (Å²) in [7, 11) is 0. The molecule has 0 saturated heterocycles. The minimum absolute atomic E-state index is 0.171. The number of halogens is 1. The average Bonchev–Trinajstić information content (AvgIpc) is 2.62. The number of rotatable bonds is 5. The molecule has 0 radical (unpaired) electrons. The lowest BCUT2D eigenvalue weighted by Gasteiger charge is -2.27. The van der Waals surface area contributed by atoms with Gasteiger partial charge in [0.1, 0.15) is 11.9 Å². The van der Waals surface area contributed by atoms with Gasteiger partial charge in [-0.05, 0) is 31.0 Å². The van der Waals surface area contributed by atoms with E-state index in [9.17, 15) is 9.18 Å². The van der Waals surface area contributed by atoms with E-state index in [1.165, 1.54) is 12.5 Å². The van der Waals surface area contributed by atoms with Crippen LogP contribution in [0.15, 0.2) is 54.6 Å². The van der Waals surface area contributed by atoms with Gasteiger partial charge in [-0.1, -0.05) is 55.7 Å². The molecule has 0 bridgehead atoms. The lowest BCUT2D eigenvalue weighted by Crippen LogP contribution is -2.41. The maximum Gasteiger partial charge on any atom is 0.247 e. The van der Waals surface area contributed by atoms with Crippen LogP contribution in [0, 0.1) is 5.82 Å². The zero-order chi connectivity index (χ0) is 16.8. The third-order valence-electron chi connectivity index (χ3n) is 4.51. The first-order valence-electron chi connectivity index (χ1n) is 8.60. The van der Waals surface area contributed by atoms with Gasteiger partial charge < -0.3 is 10.6 Å². The predicted molar refractivity (Wildman–Crippen MR) is 94.2 cm³/mol. The molecule has 0 spiro atoms. The summed E-state index contributed by atoms with van der Waals surface area (Å²) >= 11 is 0. The van der Waals surface area contributed by atoms with Crippen molar-refractivity contribution in [3.8, 4) is 0 Å². The highest BCUT2D eigenvalue weighted by molar-refractivity contribution is 5.86. The second kappa shape index (κ2) is 7.95. The molecular weight excluding hydrogens is 303 g/mol. The molecule has 1 unspecified atom stereocenters. The summed E-state index contributed by atoms with van der Waals surface area (Å²) in [6, 6.07) is 15.3. The van der Waals surface area contributed by atoms with Crippen molar-refractivity contribution in [3.05, 3.63) is 66.0 Å². The summed E-state index contributed by atoms with van der Waals surface area (Å²) in [6.45, 7) is 0. The summed E-state index contributed by atoms with van der Waals surface area (Å²) in [5.74, 6) is -0.541. The molecule has 1 fully saturated rings. The first-order chi connectivity index (χ1) is 11.7. The van der Waals surface area contributed by atoms with Crippen molar-refractivity contribution >= 4 is 11.6 Å². The molecule has 0 aromatic heterocycles. The largest absolute Gasteiger partial charge is 0.370 e. The van der Waals surface area contributed by atoms with Gasteiger partial charge in [0, 0.05) is 17.3 Å². The Morgan fingerprint density at radius 2 is 1.62 bits per heavy atom. The SMILES string of the molecule is O=C(NC1CCCCC1)C(Nc1ccccc1)c1ccccc1F. The van der Waals surface area contributed by atoms with Gasteiger partial charge in [-0.25, -0.2) is 4.39 Å². The van der Waals surface area contributed by atoms with Crippen molar-refractivity contribution in [1.82, 2.24) is 5.32 Å². The van der Waals surface area contributed by atoms with Crippen molar-refractivity contribution in [3.63, 3.8) is 0 Å². The third kappa shape index (κ3) is 4.13. The van der Waals surface area contributed by atoms with E-state index in [1.54, 1.807) is 18.2 Å². The van der Waals surface area contributed by atoms with E-state index >= 15 is 0 Å². The zero-order valence-corrected chi connectivity index (χ0v) is 13.7. The van der Waals surface area contributed by atoms with Gasteiger partial charge in [0.05, 0.1) is 0 Å². The highest BCUT2D eigenvalue weighted by Crippen LogP contribution is 2.24. The smallest absolute Gasteiger partial charge is 0.247 e. The Labute approximate surface area is 142 Å². The molecule has 1 saturated carbocycles. The van der Waals surface area contributed by atoms with Crippen LogP contribution in [0.2, 0.25) is 0 Å². The van der Waals surface area contributed by atoms with Crippen LogP contribution in [0.5, 0.6) is 0 Å². The first-order valence-corrected chi connectivity index (χ1v) is 8.60. The van der Waals surface area contributed by atoms with Crippen LogP contribution in [0.4, 0.5) is 10.1 Å². The van der Waals surface area contributed by atoms with E-state index in [1.807, 2.05) is 30.3 Å². The lowest BCUT2D eigenvalue weighted by atomic mass is 9.95. The molecule has 24 heavy (non-hydrogen) atoms. The molecule has 2 aromatic rings. The fourth-order valence-electron chi connectivity index (χ4n) is 3.23. The number of carbonyl (C=O) groups excluding carboxylic acids is 1. The minimum atomic E-state index is -0.740. The fourth-order valence-corrected chi connectivity index (χ4v) is 3.23. The maximum absolute atomic E-state index is 14.3. The molecule has 1 aliphatic carbocycles. The summed E-state index contributed by atoms with van der Waals surface area (Å²) in [6.07, 6.45) is 5.51. The third-order valence-corrected chi connectivity index (χ3v) is 4.51. The number of hydrogen-bond acceptors (Lipinski definition) is 2. The monoisotopic (exact) mass is 326 g/mol. The van der Waals surface area contributed by atoms with Gasteiger partial charge in [-0.15, -0.1) is 0 Å². The van der Waals surface area contributed by atoms with E-state index in [4.69, 9.17) is 0 Å². The van der Waals surface area contributed by atoms with E-state index in [0.717, 1.165) is 31.4 Å². The minimum Gasteiger partial charge on any atom is -0.370 e. The zero-order valence-electron chi connectivity index (χ0n) is 13.7. The molecule has 3 nitrogen and oxygen atoms in total. The first kappa shape index (κ1) is 16.5. The van der Waals surface area contributed by atoms with E-state index < -0.39 is 6.04 Å². The van der Waals surface area contributed by atoms with Gasteiger partial charge in [0.25, 0.3) is 0 Å². The fraction of sp³-hybridized carbons (Fsp3) is 0.350. The Morgan fingerprint density at radius 1 is 0.958 bits per heavy atom. The summed E-state index contributed by atoms with van der Waals surface area (Å²) < 4.78 is 14.3. The average molecular weight is 326 g/mol. The molecule has 3 rings (SSSR count). The number of benzene rings is 2. The van der Waals surface area contributed by atoms with Gasteiger partial charge in [0.15, 0.2) is 0 Å². The van der Waals surface area contributed by atoms with E-state index in [2.05, 4.69) is 10.6 Å². The number of amides is 1. The van der Waals surface area contributed by atoms with Crippen LogP contribution < -0.4 is 10.6 Å². The van der Waals surface area contributed by atoms with Crippen molar-refractivity contribution in [2.75, 3.05) is 5.32 Å². The van der Waals surface area contributed by atoms with Crippen LogP contribution in [-0.2, 0) is 4.79 Å². The van der Waals surface area contributed by atoms with Gasteiger partial charge >= 0.3 is 0 Å². The van der Waals surface area contributed by atoms with Crippen molar-refractivity contribution in [1.29, 1.82) is 0 Å². The van der Waals surface area contributed by atoms with Crippen LogP contribution in [0.3, 0.4) is 0 Å². The quantitative estimate of drug-likeness (QED) is 0.853. The number of para-hydroxylation sites is 1. The molecule has 0 heterocycles. The number of anilines is 1. The molecule has 2 N–H and O–H groups in total. The highest BCUT2D eigenvalue weighted by atomic mass is 19.1. The van der Waals surface area contributed by atoms with Crippen molar-refractivity contribution in [2.45, 2.75) is 44.2 Å². The lowest BCUT2D eigenvalue weighted by molar-refractivity contribution is -0.122. The summed E-state index contributed by atoms with van der Waals surface area (Å²) in [4.78, 5) is 12.8. The molecule has 0 aliphatic heterocycles. The van der Waals surface area contributed by atoms with Crippen LogP contribution in [0.25, 0.3) is 0 Å². The molecule has 1 aliphatic rings. The Hall–Kier alpha value is -2.36. The predicted octanol–water partition coefficient (Wildman–Crippen LogP) is 4.43. The maximum atomic E-state index is 14.3. The molecular formula is C20H23FN2O. The van der Waals surface area contributed by atoms with Gasteiger partial charge in [-0.2, -0.15) is 0 Å².